The lowest BCUT2D eigenvalue weighted by Crippen LogP contribution is -2.37. The highest BCUT2D eigenvalue weighted by molar-refractivity contribution is 4.81. The first-order valence-corrected chi connectivity index (χ1v) is 3.69. The van der Waals surface area contributed by atoms with Crippen LogP contribution in [-0.2, 0) is 0 Å². The molecule has 1 heterocycles. The maximum atomic E-state index is 3.44. The van der Waals surface area contributed by atoms with Gasteiger partial charge >= 0.3 is 0 Å². The number of hydrogen-bond donors (Lipinski definition) is 2. The molecule has 9 heavy (non-hydrogen) atoms. The van der Waals surface area contributed by atoms with E-state index in [4.69, 9.17) is 0 Å². The topological polar surface area (TPSA) is 24.1 Å². The Bertz CT molecular complexity index is 90.9. The van der Waals surface area contributed by atoms with E-state index in [1.807, 2.05) is 0 Å². The molecule has 0 saturated carbocycles. The van der Waals surface area contributed by atoms with E-state index >= 15 is 0 Å². The average molecular weight is 128 g/mol. The van der Waals surface area contributed by atoms with Gasteiger partial charge in [-0.05, 0) is 12.8 Å². The van der Waals surface area contributed by atoms with E-state index in [1.165, 1.54) is 0 Å². The van der Waals surface area contributed by atoms with Gasteiger partial charge in [0.05, 0.1) is 6.17 Å². The van der Waals surface area contributed by atoms with E-state index in [2.05, 4.69) is 31.4 Å². The third kappa shape index (κ3) is 1.66. The zero-order valence-electron chi connectivity index (χ0n) is 6.44. The summed E-state index contributed by atoms with van der Waals surface area (Å²) in [5.74, 6) is 0.704. The smallest absolute Gasteiger partial charge is 0.0598 e. The Morgan fingerprint density at radius 2 is 2.11 bits per heavy atom. The lowest BCUT2D eigenvalue weighted by atomic mass is 10.2. The SMILES string of the molecule is CC1CNC(C(C)C)N1. The zero-order chi connectivity index (χ0) is 6.85. The molecule has 1 aliphatic rings. The fourth-order valence-corrected chi connectivity index (χ4v) is 1.16. The summed E-state index contributed by atoms with van der Waals surface area (Å²) in [4.78, 5) is 0. The van der Waals surface area contributed by atoms with Crippen LogP contribution < -0.4 is 10.6 Å². The molecular formula is C7H16N2. The first-order valence-electron chi connectivity index (χ1n) is 3.69. The summed E-state index contributed by atoms with van der Waals surface area (Å²) < 4.78 is 0. The van der Waals surface area contributed by atoms with Crippen LogP contribution >= 0.6 is 0 Å². The van der Waals surface area contributed by atoms with Gasteiger partial charge in [0.1, 0.15) is 0 Å². The van der Waals surface area contributed by atoms with Crippen molar-refractivity contribution in [3.05, 3.63) is 0 Å². The molecular weight excluding hydrogens is 112 g/mol. The second kappa shape index (κ2) is 2.67. The molecule has 2 heteroatoms. The number of rotatable bonds is 1. The van der Waals surface area contributed by atoms with Crippen LogP contribution in [0.25, 0.3) is 0 Å². The normalized spacial score (nSPS) is 36.0. The average Bonchev–Trinajstić information content (AvgIpc) is 2.14. The highest BCUT2D eigenvalue weighted by Gasteiger charge is 2.20. The summed E-state index contributed by atoms with van der Waals surface area (Å²) in [5, 5.41) is 6.84. The van der Waals surface area contributed by atoms with Crippen molar-refractivity contribution in [1.29, 1.82) is 0 Å². The van der Waals surface area contributed by atoms with Gasteiger partial charge in [0.25, 0.3) is 0 Å². The second-order valence-electron chi connectivity index (χ2n) is 3.20. The molecule has 0 bridgehead atoms. The van der Waals surface area contributed by atoms with Crippen molar-refractivity contribution in [2.75, 3.05) is 6.54 Å². The lowest BCUT2D eigenvalue weighted by molar-refractivity contribution is 0.406. The minimum Gasteiger partial charge on any atom is -0.300 e. The molecule has 1 saturated heterocycles. The molecule has 2 atom stereocenters. The second-order valence-corrected chi connectivity index (χ2v) is 3.20. The van der Waals surface area contributed by atoms with Crippen LogP contribution in [-0.4, -0.2) is 18.8 Å². The van der Waals surface area contributed by atoms with Gasteiger partial charge in [-0.25, -0.2) is 0 Å². The molecule has 0 aromatic carbocycles. The Morgan fingerprint density at radius 3 is 2.33 bits per heavy atom. The van der Waals surface area contributed by atoms with Crippen molar-refractivity contribution in [3.8, 4) is 0 Å². The van der Waals surface area contributed by atoms with Crippen LogP contribution in [0.15, 0.2) is 0 Å². The van der Waals surface area contributed by atoms with Crippen LogP contribution in [0.1, 0.15) is 20.8 Å². The fourth-order valence-electron chi connectivity index (χ4n) is 1.16. The fraction of sp³-hybridized carbons (Fsp3) is 1.00. The van der Waals surface area contributed by atoms with Gasteiger partial charge in [-0.2, -0.15) is 0 Å². The Labute approximate surface area is 57.0 Å². The Morgan fingerprint density at radius 1 is 1.44 bits per heavy atom. The van der Waals surface area contributed by atoms with Crippen molar-refractivity contribution in [2.45, 2.75) is 33.0 Å². The van der Waals surface area contributed by atoms with Gasteiger partial charge < -0.3 is 5.32 Å². The van der Waals surface area contributed by atoms with E-state index in [0.29, 0.717) is 18.1 Å². The molecule has 2 N–H and O–H groups in total. The molecule has 1 aliphatic heterocycles. The third-order valence-electron chi connectivity index (χ3n) is 1.77. The van der Waals surface area contributed by atoms with Gasteiger partial charge in [0.2, 0.25) is 0 Å². The number of hydrogen-bond acceptors (Lipinski definition) is 2. The summed E-state index contributed by atoms with van der Waals surface area (Å²) in [7, 11) is 0. The van der Waals surface area contributed by atoms with Crippen LogP contribution in [0.3, 0.4) is 0 Å². The molecule has 0 aliphatic carbocycles. The molecule has 1 fully saturated rings. The molecule has 0 amide bonds. The number of nitrogens with one attached hydrogen (secondary N) is 2. The first kappa shape index (κ1) is 7.03. The summed E-state index contributed by atoms with van der Waals surface area (Å²) in [6, 6.07) is 0.650. The monoisotopic (exact) mass is 128 g/mol. The van der Waals surface area contributed by atoms with E-state index < -0.39 is 0 Å². The standard InChI is InChI=1S/C7H16N2/c1-5(2)7-8-4-6(3)9-7/h5-9H,4H2,1-3H3. The van der Waals surface area contributed by atoms with Gasteiger partial charge in [0.15, 0.2) is 0 Å². The van der Waals surface area contributed by atoms with Gasteiger partial charge in [0, 0.05) is 12.6 Å². The summed E-state index contributed by atoms with van der Waals surface area (Å²) >= 11 is 0. The molecule has 2 unspecified atom stereocenters. The maximum absolute atomic E-state index is 3.44. The lowest BCUT2D eigenvalue weighted by Gasteiger charge is -2.14. The molecule has 2 nitrogen and oxygen atoms in total. The van der Waals surface area contributed by atoms with Crippen LogP contribution in [0.2, 0.25) is 0 Å². The molecule has 0 radical (unpaired) electrons. The summed E-state index contributed by atoms with van der Waals surface area (Å²) in [6.45, 7) is 7.77. The summed E-state index contributed by atoms with van der Waals surface area (Å²) in [5.41, 5.74) is 0. The Hall–Kier alpha value is -0.0800. The third-order valence-corrected chi connectivity index (χ3v) is 1.77. The highest BCUT2D eigenvalue weighted by Crippen LogP contribution is 2.03. The van der Waals surface area contributed by atoms with E-state index in [1.54, 1.807) is 0 Å². The highest BCUT2D eigenvalue weighted by atomic mass is 15.2. The predicted octanol–water partition coefficient (Wildman–Crippen LogP) is 0.550. The largest absolute Gasteiger partial charge is 0.300 e. The van der Waals surface area contributed by atoms with Crippen molar-refractivity contribution in [3.63, 3.8) is 0 Å². The molecule has 1 rings (SSSR count). The van der Waals surface area contributed by atoms with Crippen LogP contribution in [0, 0.1) is 5.92 Å². The summed E-state index contributed by atoms with van der Waals surface area (Å²) in [6.07, 6.45) is 0.542. The Kier molecular flexibility index (Phi) is 2.09. The zero-order valence-corrected chi connectivity index (χ0v) is 6.44. The first-order chi connectivity index (χ1) is 4.20. The van der Waals surface area contributed by atoms with Crippen molar-refractivity contribution < 1.29 is 0 Å². The van der Waals surface area contributed by atoms with Gasteiger partial charge in [-0.3, -0.25) is 5.32 Å². The quantitative estimate of drug-likeness (QED) is 0.539. The minimum absolute atomic E-state index is 0.542. The molecule has 54 valence electrons. The predicted molar refractivity (Wildman–Crippen MR) is 39.2 cm³/mol. The van der Waals surface area contributed by atoms with Gasteiger partial charge in [-0.1, -0.05) is 13.8 Å². The molecule has 0 aromatic heterocycles. The van der Waals surface area contributed by atoms with Crippen molar-refractivity contribution in [1.82, 2.24) is 10.6 Å². The van der Waals surface area contributed by atoms with E-state index in [0.717, 1.165) is 6.54 Å². The Balaban J connectivity index is 2.30. The maximum Gasteiger partial charge on any atom is 0.0598 e. The van der Waals surface area contributed by atoms with E-state index in [9.17, 15) is 0 Å². The van der Waals surface area contributed by atoms with Gasteiger partial charge in [-0.15, -0.1) is 0 Å². The minimum atomic E-state index is 0.542. The van der Waals surface area contributed by atoms with Crippen LogP contribution in [0.4, 0.5) is 0 Å². The van der Waals surface area contributed by atoms with Crippen LogP contribution in [0.5, 0.6) is 0 Å². The molecule has 0 spiro atoms. The molecule has 0 aromatic rings. The van der Waals surface area contributed by atoms with E-state index in [-0.39, 0.29) is 0 Å². The van der Waals surface area contributed by atoms with Crippen molar-refractivity contribution in [2.24, 2.45) is 5.92 Å². The van der Waals surface area contributed by atoms with Crippen molar-refractivity contribution >= 4 is 0 Å².